The number of amides is 1. The average Bonchev–Trinajstić information content (AvgIpc) is 3.10. The average molecular weight is 377 g/mol. The van der Waals surface area contributed by atoms with Crippen LogP contribution in [0.5, 0.6) is 5.75 Å². The summed E-state index contributed by atoms with van der Waals surface area (Å²) in [6.45, 7) is 1.86. The zero-order valence-corrected chi connectivity index (χ0v) is 14.3. The summed E-state index contributed by atoms with van der Waals surface area (Å²) in [4.78, 5) is 23.3. The Bertz CT molecular complexity index is 717. The van der Waals surface area contributed by atoms with E-state index in [1.54, 1.807) is 25.4 Å². The van der Waals surface area contributed by atoms with Gasteiger partial charge in [-0.15, -0.1) is 0 Å². The van der Waals surface area contributed by atoms with Crippen molar-refractivity contribution in [3.05, 3.63) is 40.6 Å². The summed E-state index contributed by atoms with van der Waals surface area (Å²) in [5.41, 5.74) is 0.979. The molecule has 23 heavy (non-hydrogen) atoms. The molecule has 1 N–H and O–H groups in total. The van der Waals surface area contributed by atoms with E-state index in [1.165, 1.54) is 0 Å². The number of aromatic nitrogens is 2. The van der Waals surface area contributed by atoms with Crippen molar-refractivity contribution in [2.75, 3.05) is 30.4 Å². The Hall–Kier alpha value is -2.15. The van der Waals surface area contributed by atoms with Crippen LogP contribution in [0.2, 0.25) is 0 Å². The lowest BCUT2D eigenvalue weighted by Gasteiger charge is -2.16. The van der Waals surface area contributed by atoms with E-state index in [0.717, 1.165) is 25.9 Å². The van der Waals surface area contributed by atoms with Crippen molar-refractivity contribution in [3.8, 4) is 5.75 Å². The molecule has 0 aliphatic carbocycles. The van der Waals surface area contributed by atoms with Crippen molar-refractivity contribution in [2.45, 2.75) is 12.8 Å². The second-order valence-electron chi connectivity index (χ2n) is 5.25. The summed E-state index contributed by atoms with van der Waals surface area (Å²) in [7, 11) is 1.59. The van der Waals surface area contributed by atoms with Gasteiger partial charge >= 0.3 is 0 Å². The molecule has 6 nitrogen and oxygen atoms in total. The Morgan fingerprint density at radius 3 is 2.87 bits per heavy atom. The first-order chi connectivity index (χ1) is 11.2. The molecule has 1 aliphatic rings. The lowest BCUT2D eigenvalue weighted by atomic mass is 10.3. The number of rotatable bonds is 4. The summed E-state index contributed by atoms with van der Waals surface area (Å²) < 4.78 is 5.73. The van der Waals surface area contributed by atoms with E-state index >= 15 is 0 Å². The molecule has 0 spiro atoms. The summed E-state index contributed by atoms with van der Waals surface area (Å²) in [6.07, 6.45) is 3.89. The van der Waals surface area contributed by atoms with Gasteiger partial charge in [-0.05, 0) is 40.9 Å². The number of hydrogen-bond donors (Lipinski definition) is 1. The number of methoxy groups -OCH3 is 1. The molecule has 0 atom stereocenters. The van der Waals surface area contributed by atoms with E-state index in [0.29, 0.717) is 27.6 Å². The van der Waals surface area contributed by atoms with Gasteiger partial charge in [0.25, 0.3) is 5.91 Å². The number of halogens is 1. The number of carbonyl (C=O) groups is 1. The van der Waals surface area contributed by atoms with Crippen molar-refractivity contribution in [3.63, 3.8) is 0 Å². The quantitative estimate of drug-likeness (QED) is 0.887. The SMILES string of the molecule is COc1cccc(NC(=O)c2nc(N3CCCC3)ncc2Br)c1. The molecule has 120 valence electrons. The monoisotopic (exact) mass is 376 g/mol. The van der Waals surface area contributed by atoms with Crippen LogP contribution in [0.4, 0.5) is 11.6 Å². The summed E-state index contributed by atoms with van der Waals surface area (Å²) in [5, 5.41) is 2.83. The van der Waals surface area contributed by atoms with Gasteiger partial charge in [0.1, 0.15) is 11.4 Å². The van der Waals surface area contributed by atoms with Gasteiger partial charge < -0.3 is 15.0 Å². The van der Waals surface area contributed by atoms with Crippen LogP contribution in [0.25, 0.3) is 0 Å². The van der Waals surface area contributed by atoms with Crippen LogP contribution >= 0.6 is 15.9 Å². The molecule has 1 amide bonds. The molecule has 3 rings (SSSR count). The van der Waals surface area contributed by atoms with Crippen molar-refractivity contribution in [1.82, 2.24) is 9.97 Å². The number of hydrogen-bond acceptors (Lipinski definition) is 5. The van der Waals surface area contributed by atoms with E-state index in [4.69, 9.17) is 4.74 Å². The van der Waals surface area contributed by atoms with E-state index in [-0.39, 0.29) is 5.91 Å². The Kier molecular flexibility index (Phi) is 4.76. The number of ether oxygens (including phenoxy) is 1. The molecule has 0 bridgehead atoms. The zero-order valence-electron chi connectivity index (χ0n) is 12.8. The number of carbonyl (C=O) groups excluding carboxylic acids is 1. The molecular formula is C16H17BrN4O2. The van der Waals surface area contributed by atoms with Crippen molar-refractivity contribution < 1.29 is 9.53 Å². The molecule has 0 unspecified atom stereocenters. The third kappa shape index (κ3) is 3.61. The van der Waals surface area contributed by atoms with Gasteiger partial charge in [0.15, 0.2) is 0 Å². The van der Waals surface area contributed by atoms with E-state index in [2.05, 4.69) is 36.1 Å². The molecule has 1 saturated heterocycles. The summed E-state index contributed by atoms with van der Waals surface area (Å²) in [5.74, 6) is 0.997. The molecule has 0 saturated carbocycles. The molecule has 0 radical (unpaired) electrons. The van der Waals surface area contributed by atoms with Gasteiger partial charge in [0.2, 0.25) is 5.95 Å². The molecule has 2 heterocycles. The highest BCUT2D eigenvalue weighted by Gasteiger charge is 2.19. The largest absolute Gasteiger partial charge is 0.497 e. The minimum Gasteiger partial charge on any atom is -0.497 e. The molecule has 1 aromatic carbocycles. The van der Waals surface area contributed by atoms with E-state index in [1.807, 2.05) is 12.1 Å². The molecule has 2 aromatic rings. The fourth-order valence-electron chi connectivity index (χ4n) is 2.48. The highest BCUT2D eigenvalue weighted by molar-refractivity contribution is 9.10. The third-order valence-corrected chi connectivity index (χ3v) is 4.24. The van der Waals surface area contributed by atoms with Crippen LogP contribution < -0.4 is 15.0 Å². The van der Waals surface area contributed by atoms with Gasteiger partial charge in [0, 0.05) is 31.0 Å². The predicted molar refractivity (Wildman–Crippen MR) is 92.1 cm³/mol. The van der Waals surface area contributed by atoms with Gasteiger partial charge in [-0.25, -0.2) is 9.97 Å². The highest BCUT2D eigenvalue weighted by atomic mass is 79.9. The van der Waals surface area contributed by atoms with Crippen LogP contribution in [0.15, 0.2) is 34.9 Å². The molecule has 1 aliphatic heterocycles. The van der Waals surface area contributed by atoms with E-state index < -0.39 is 0 Å². The van der Waals surface area contributed by atoms with Gasteiger partial charge in [-0.3, -0.25) is 4.79 Å². The van der Waals surface area contributed by atoms with Gasteiger partial charge in [-0.2, -0.15) is 0 Å². The Balaban J connectivity index is 1.81. The summed E-state index contributed by atoms with van der Waals surface area (Å²) >= 11 is 3.35. The van der Waals surface area contributed by atoms with Crippen molar-refractivity contribution >= 4 is 33.5 Å². The number of benzene rings is 1. The lowest BCUT2D eigenvalue weighted by molar-refractivity contribution is 0.102. The fourth-order valence-corrected chi connectivity index (χ4v) is 2.85. The van der Waals surface area contributed by atoms with Crippen LogP contribution in [0.1, 0.15) is 23.3 Å². The molecule has 7 heteroatoms. The predicted octanol–water partition coefficient (Wildman–Crippen LogP) is 3.10. The Morgan fingerprint density at radius 2 is 2.13 bits per heavy atom. The number of nitrogens with one attached hydrogen (secondary N) is 1. The first-order valence-corrected chi connectivity index (χ1v) is 8.19. The van der Waals surface area contributed by atoms with Crippen LogP contribution in [-0.2, 0) is 0 Å². The maximum atomic E-state index is 12.5. The van der Waals surface area contributed by atoms with Crippen LogP contribution in [0, 0.1) is 0 Å². The number of nitrogens with zero attached hydrogens (tertiary/aromatic N) is 3. The van der Waals surface area contributed by atoms with Crippen molar-refractivity contribution in [2.24, 2.45) is 0 Å². The number of anilines is 2. The third-order valence-electron chi connectivity index (χ3n) is 3.66. The molecule has 1 aromatic heterocycles. The Labute approximate surface area is 143 Å². The standard InChI is InChI=1S/C16H17BrN4O2/c1-23-12-6-4-5-11(9-12)19-15(22)14-13(17)10-18-16(20-14)21-7-2-3-8-21/h4-6,9-10H,2-3,7-8H2,1H3,(H,19,22). The smallest absolute Gasteiger partial charge is 0.275 e. The zero-order chi connectivity index (χ0) is 16.2. The second-order valence-corrected chi connectivity index (χ2v) is 6.10. The Morgan fingerprint density at radius 1 is 1.35 bits per heavy atom. The first kappa shape index (κ1) is 15.7. The lowest BCUT2D eigenvalue weighted by Crippen LogP contribution is -2.23. The van der Waals surface area contributed by atoms with E-state index in [9.17, 15) is 4.79 Å². The first-order valence-electron chi connectivity index (χ1n) is 7.40. The maximum absolute atomic E-state index is 12.5. The second kappa shape index (κ2) is 6.95. The summed E-state index contributed by atoms with van der Waals surface area (Å²) in [6, 6.07) is 7.20. The minimum absolute atomic E-state index is 0.284. The van der Waals surface area contributed by atoms with Gasteiger partial charge in [0.05, 0.1) is 11.6 Å². The van der Waals surface area contributed by atoms with Crippen LogP contribution in [-0.4, -0.2) is 36.1 Å². The molecular weight excluding hydrogens is 360 g/mol. The van der Waals surface area contributed by atoms with Gasteiger partial charge in [-0.1, -0.05) is 6.07 Å². The maximum Gasteiger partial charge on any atom is 0.275 e. The minimum atomic E-state index is -0.284. The van der Waals surface area contributed by atoms with Crippen LogP contribution in [0.3, 0.4) is 0 Å². The molecule has 1 fully saturated rings. The van der Waals surface area contributed by atoms with Crippen molar-refractivity contribution in [1.29, 1.82) is 0 Å². The highest BCUT2D eigenvalue weighted by Crippen LogP contribution is 2.22. The topological polar surface area (TPSA) is 67.3 Å². The fraction of sp³-hybridized carbons (Fsp3) is 0.312. The normalized spacial score (nSPS) is 13.9.